The maximum absolute atomic E-state index is 12.7. The van der Waals surface area contributed by atoms with Crippen molar-refractivity contribution in [2.24, 2.45) is 5.92 Å². The van der Waals surface area contributed by atoms with E-state index in [9.17, 15) is 33.6 Å². The Bertz CT molecular complexity index is 1060. The maximum Gasteiger partial charge on any atom is 0.480 e. The molecule has 1 saturated heterocycles. The van der Waals surface area contributed by atoms with E-state index in [1.165, 1.54) is 25.3 Å². The van der Waals surface area contributed by atoms with Gasteiger partial charge in [0.2, 0.25) is 5.91 Å². The molecular formula is C25H45BN6O10P2. The number of hydrogen-bond donors (Lipinski definition) is 6. The van der Waals surface area contributed by atoms with Crippen molar-refractivity contribution in [3.63, 3.8) is 0 Å². The summed E-state index contributed by atoms with van der Waals surface area (Å²) in [6.45, 7) is 7.75. The number of amides is 3. The van der Waals surface area contributed by atoms with Gasteiger partial charge in [0.15, 0.2) is 5.52 Å². The van der Waals surface area contributed by atoms with Crippen LogP contribution in [-0.2, 0) is 23.4 Å². The molecule has 1 aliphatic rings. The van der Waals surface area contributed by atoms with Crippen molar-refractivity contribution in [1.29, 1.82) is 0 Å². The minimum atomic E-state index is -4.72. The van der Waals surface area contributed by atoms with E-state index >= 15 is 0 Å². The topological polar surface area (TPSA) is 222 Å². The Morgan fingerprint density at radius 3 is 2.32 bits per heavy atom. The van der Waals surface area contributed by atoms with Crippen molar-refractivity contribution < 1.29 is 47.7 Å². The number of ether oxygens (including phenoxy) is 1. The summed E-state index contributed by atoms with van der Waals surface area (Å²) in [5.74, 6) is -1.04. The molecule has 1 fully saturated rings. The standard InChI is InChI=1S/C25H45BN6O10P2/c1-19(2)16-21(30-22(33)18-29-23(34)20-17-27-8-9-28-20)26-41-13-6-4-10-32(11-5-7-14-42-26)12-15-40-24(35)31-25(43(3)36)44(37,38)39/h8-9,17,19,21,25,36H,4-7,10-16,18H2,1-3H3,(H,29,34)(H,30,33)(H,31,35)(H2,37,38,39)/t21-,25?,43?/m1/s1. The van der Waals surface area contributed by atoms with Gasteiger partial charge in [-0.2, -0.15) is 0 Å². The number of nitrogens with one attached hydrogen (secondary N) is 3. The van der Waals surface area contributed by atoms with Crippen molar-refractivity contribution in [2.45, 2.75) is 57.4 Å². The molecule has 0 spiro atoms. The molecule has 3 amide bonds. The quantitative estimate of drug-likeness (QED) is 0.128. The second-order valence-electron chi connectivity index (χ2n) is 10.8. The Hall–Kier alpha value is -2.23. The molecule has 0 bridgehead atoms. The summed E-state index contributed by atoms with van der Waals surface area (Å²) >= 11 is 0. The van der Waals surface area contributed by atoms with E-state index in [1.54, 1.807) is 0 Å². The third-order valence-electron chi connectivity index (χ3n) is 6.47. The molecular weight excluding hydrogens is 617 g/mol. The Balaban J connectivity index is 1.82. The molecule has 16 nitrogen and oxygen atoms in total. The first-order chi connectivity index (χ1) is 20.9. The van der Waals surface area contributed by atoms with Crippen LogP contribution in [0.4, 0.5) is 4.79 Å². The van der Waals surface area contributed by atoms with Crippen LogP contribution in [0.1, 0.15) is 56.4 Å². The molecule has 1 aromatic heterocycles. The fourth-order valence-corrected chi connectivity index (χ4v) is 6.68. The van der Waals surface area contributed by atoms with Crippen molar-refractivity contribution >= 4 is 40.8 Å². The van der Waals surface area contributed by atoms with E-state index in [0.29, 0.717) is 39.0 Å². The number of carbonyl (C=O) groups is 3. The lowest BCUT2D eigenvalue weighted by molar-refractivity contribution is -0.120. The highest BCUT2D eigenvalue weighted by molar-refractivity contribution is 7.70. The number of nitrogens with zero attached hydrogens (tertiary/aromatic N) is 3. The molecule has 0 radical (unpaired) electrons. The van der Waals surface area contributed by atoms with Gasteiger partial charge in [0, 0.05) is 32.2 Å². The second-order valence-corrected chi connectivity index (χ2v) is 14.5. The molecule has 2 heterocycles. The average Bonchev–Trinajstić information content (AvgIpc) is 2.95. The number of hydrogen-bond acceptors (Lipinski definition) is 11. The van der Waals surface area contributed by atoms with Gasteiger partial charge in [0.05, 0.1) is 26.8 Å². The fraction of sp³-hybridized carbons (Fsp3) is 0.720. The van der Waals surface area contributed by atoms with E-state index < -0.39 is 46.3 Å². The van der Waals surface area contributed by atoms with Crippen LogP contribution < -0.4 is 16.0 Å². The third-order valence-corrected chi connectivity index (χ3v) is 9.98. The first kappa shape index (κ1) is 38.0. The van der Waals surface area contributed by atoms with E-state index in [4.69, 9.17) is 14.0 Å². The molecule has 2 unspecified atom stereocenters. The molecule has 0 aliphatic carbocycles. The number of alkyl carbamates (subject to hydrolysis) is 1. The lowest BCUT2D eigenvalue weighted by Gasteiger charge is -2.28. The van der Waals surface area contributed by atoms with Crippen LogP contribution in [0.15, 0.2) is 18.6 Å². The van der Waals surface area contributed by atoms with Gasteiger partial charge in [-0.25, -0.2) is 9.78 Å². The zero-order valence-electron chi connectivity index (χ0n) is 25.5. The molecule has 1 aromatic rings. The minimum Gasteiger partial charge on any atom is -0.448 e. The van der Waals surface area contributed by atoms with E-state index in [-0.39, 0.29) is 30.7 Å². The van der Waals surface area contributed by atoms with Gasteiger partial charge >= 0.3 is 20.8 Å². The predicted molar refractivity (Wildman–Crippen MR) is 164 cm³/mol. The van der Waals surface area contributed by atoms with Crippen LogP contribution in [0.25, 0.3) is 0 Å². The van der Waals surface area contributed by atoms with Crippen molar-refractivity contribution in [1.82, 2.24) is 30.8 Å². The smallest absolute Gasteiger partial charge is 0.448 e. The summed E-state index contributed by atoms with van der Waals surface area (Å²) in [6.07, 6.45) is 6.80. The third kappa shape index (κ3) is 15.2. The monoisotopic (exact) mass is 662 g/mol. The van der Waals surface area contributed by atoms with Gasteiger partial charge in [-0.3, -0.25) is 24.0 Å². The van der Waals surface area contributed by atoms with Crippen LogP contribution in [0.3, 0.4) is 0 Å². The fourth-order valence-electron chi connectivity index (χ4n) is 4.37. The minimum absolute atomic E-state index is 0.0115. The molecule has 19 heteroatoms. The molecule has 0 saturated carbocycles. The van der Waals surface area contributed by atoms with Crippen LogP contribution in [-0.4, -0.2) is 119 Å². The maximum atomic E-state index is 12.7. The van der Waals surface area contributed by atoms with Crippen LogP contribution in [0.5, 0.6) is 0 Å². The lowest BCUT2D eigenvalue weighted by atomic mass is 9.73. The number of aromatic nitrogens is 2. The molecule has 3 atom stereocenters. The first-order valence-corrected chi connectivity index (χ1v) is 18.1. The highest BCUT2D eigenvalue weighted by atomic mass is 31.2. The summed E-state index contributed by atoms with van der Waals surface area (Å²) in [5, 5.41) is 7.56. The Morgan fingerprint density at radius 1 is 1.11 bits per heavy atom. The average molecular weight is 662 g/mol. The number of rotatable bonds is 13. The summed E-state index contributed by atoms with van der Waals surface area (Å²) < 4.78 is 28.7. The van der Waals surface area contributed by atoms with Gasteiger partial charge in [-0.1, -0.05) is 13.8 Å². The van der Waals surface area contributed by atoms with Crippen LogP contribution >= 0.6 is 15.7 Å². The Kier molecular flexibility index (Phi) is 17.3. The van der Waals surface area contributed by atoms with Crippen molar-refractivity contribution in [3.8, 4) is 0 Å². The van der Waals surface area contributed by atoms with Crippen LogP contribution in [0, 0.1) is 5.92 Å². The zero-order valence-corrected chi connectivity index (χ0v) is 27.3. The molecule has 2 rings (SSSR count). The summed E-state index contributed by atoms with van der Waals surface area (Å²) in [4.78, 5) is 75.1. The van der Waals surface area contributed by atoms with Crippen molar-refractivity contribution in [2.75, 3.05) is 52.7 Å². The molecule has 248 valence electrons. The predicted octanol–water partition coefficient (Wildman–Crippen LogP) is 0.880. The highest BCUT2D eigenvalue weighted by Gasteiger charge is 2.35. The van der Waals surface area contributed by atoms with Gasteiger partial charge in [0.1, 0.15) is 12.3 Å². The summed E-state index contributed by atoms with van der Waals surface area (Å²) in [7, 11) is -7.48. The van der Waals surface area contributed by atoms with Gasteiger partial charge in [-0.15, -0.1) is 0 Å². The molecule has 44 heavy (non-hydrogen) atoms. The van der Waals surface area contributed by atoms with Crippen molar-refractivity contribution in [3.05, 3.63) is 24.3 Å². The van der Waals surface area contributed by atoms with E-state index in [1.807, 2.05) is 13.8 Å². The van der Waals surface area contributed by atoms with E-state index in [2.05, 4.69) is 30.8 Å². The number of carbonyl (C=O) groups excluding carboxylic acids is 3. The molecule has 6 N–H and O–H groups in total. The summed E-state index contributed by atoms with van der Waals surface area (Å²) in [5.41, 5.74) is -1.56. The molecule has 1 aliphatic heterocycles. The largest absolute Gasteiger partial charge is 0.480 e. The Morgan fingerprint density at radius 2 is 1.77 bits per heavy atom. The summed E-state index contributed by atoms with van der Waals surface area (Å²) in [6, 6.07) is 0. The normalized spacial score (nSPS) is 17.8. The first-order valence-electron chi connectivity index (χ1n) is 14.6. The van der Waals surface area contributed by atoms with Gasteiger partial charge < -0.3 is 44.7 Å². The highest BCUT2D eigenvalue weighted by Crippen LogP contribution is 2.53. The second kappa shape index (κ2) is 20.0. The van der Waals surface area contributed by atoms with E-state index in [0.717, 1.165) is 25.9 Å². The van der Waals surface area contributed by atoms with Gasteiger partial charge in [-0.05, 0) is 57.8 Å². The SMILES string of the molecule is CC(C)C[C@@H](NC(=O)CNC(=O)c1cnccn1)B1OCCCCN(CCOC(=O)NC(P(C)O)P(=O)(O)O)CCCCO1. The van der Waals surface area contributed by atoms with Crippen LogP contribution in [0.2, 0.25) is 0 Å². The lowest BCUT2D eigenvalue weighted by Crippen LogP contribution is -2.52. The zero-order chi connectivity index (χ0) is 32.5. The Labute approximate surface area is 259 Å². The molecule has 0 aromatic carbocycles. The van der Waals surface area contributed by atoms with Gasteiger partial charge in [0.25, 0.3) is 5.91 Å².